The van der Waals surface area contributed by atoms with Gasteiger partial charge in [-0.05, 0) is 12.1 Å². The minimum Gasteiger partial charge on any atom is -0.501 e. The summed E-state index contributed by atoms with van der Waals surface area (Å²) in [6, 6.07) is 7.02. The van der Waals surface area contributed by atoms with Gasteiger partial charge in [0, 0.05) is 11.6 Å². The third kappa shape index (κ3) is 2.48. The Morgan fingerprint density at radius 2 is 1.62 bits per heavy atom. The van der Waals surface area contributed by atoms with Crippen molar-refractivity contribution in [2.24, 2.45) is 0 Å². The van der Waals surface area contributed by atoms with Crippen LogP contribution in [0.4, 0.5) is 11.4 Å². The number of hydrogen-bond donors (Lipinski definition) is 2. The van der Waals surface area contributed by atoms with Crippen LogP contribution < -0.4 is 5.43 Å². The second-order valence-electron chi connectivity index (χ2n) is 5.07. The summed E-state index contributed by atoms with van der Waals surface area (Å²) in [7, 11) is 0. The van der Waals surface area contributed by atoms with E-state index < -0.39 is 49.1 Å². The summed E-state index contributed by atoms with van der Waals surface area (Å²) >= 11 is 6.01. The number of phenolic OH excluding ortho intramolecular Hbond substituents is 2. The third-order valence-corrected chi connectivity index (χ3v) is 3.91. The van der Waals surface area contributed by atoms with Gasteiger partial charge in [-0.1, -0.05) is 23.7 Å². The zero-order chi connectivity index (χ0) is 19.2. The smallest absolute Gasteiger partial charge is 0.361 e. The predicted octanol–water partition coefficient (Wildman–Crippen LogP) is 3.34. The first kappa shape index (κ1) is 17.2. The Hall–Kier alpha value is -3.66. The molecular weight excluding hydrogens is 372 g/mol. The largest absolute Gasteiger partial charge is 0.501 e. The lowest BCUT2D eigenvalue weighted by atomic mass is 10.1. The van der Waals surface area contributed by atoms with Crippen LogP contribution in [0, 0.1) is 20.2 Å². The lowest BCUT2D eigenvalue weighted by Gasteiger charge is -2.08. The number of nitrogens with zero attached hydrogens (tertiary/aromatic N) is 2. The Morgan fingerprint density at radius 3 is 2.19 bits per heavy atom. The SMILES string of the molecule is O=c1cc(-c2ccccc2Cl)oc2c([N+](=O)[O-])c(O)c([N+](=O)[O-])c(O)c12. The lowest BCUT2D eigenvalue weighted by molar-refractivity contribution is -0.395. The van der Waals surface area contributed by atoms with Crippen molar-refractivity contribution in [3.05, 3.63) is 65.8 Å². The van der Waals surface area contributed by atoms with E-state index in [0.717, 1.165) is 6.07 Å². The van der Waals surface area contributed by atoms with Crippen molar-refractivity contribution < 1.29 is 24.5 Å². The second-order valence-corrected chi connectivity index (χ2v) is 5.47. The minimum absolute atomic E-state index is 0.174. The van der Waals surface area contributed by atoms with Crippen molar-refractivity contribution in [3.8, 4) is 22.8 Å². The molecule has 0 atom stereocenters. The molecule has 11 heteroatoms. The van der Waals surface area contributed by atoms with E-state index in [4.69, 9.17) is 16.0 Å². The van der Waals surface area contributed by atoms with E-state index in [1.807, 2.05) is 0 Å². The fourth-order valence-electron chi connectivity index (χ4n) is 2.47. The molecule has 0 aliphatic carbocycles. The predicted molar refractivity (Wildman–Crippen MR) is 89.6 cm³/mol. The topological polar surface area (TPSA) is 157 Å². The van der Waals surface area contributed by atoms with Crippen LogP contribution in [-0.2, 0) is 0 Å². The highest BCUT2D eigenvalue weighted by Crippen LogP contribution is 2.48. The van der Waals surface area contributed by atoms with Gasteiger partial charge in [0.1, 0.15) is 11.1 Å². The highest BCUT2D eigenvalue weighted by molar-refractivity contribution is 6.33. The van der Waals surface area contributed by atoms with Gasteiger partial charge in [0.05, 0.1) is 14.9 Å². The summed E-state index contributed by atoms with van der Waals surface area (Å²) in [5.74, 6) is -2.83. The number of hydrogen-bond acceptors (Lipinski definition) is 8. The Balaban J connectivity index is 2.53. The molecule has 132 valence electrons. The molecule has 3 aromatic rings. The molecule has 0 amide bonds. The molecule has 1 aromatic heterocycles. The molecule has 0 aliphatic rings. The van der Waals surface area contributed by atoms with Gasteiger partial charge in [-0.2, -0.15) is 0 Å². The number of aromatic hydroxyl groups is 2. The quantitative estimate of drug-likeness (QED) is 0.518. The van der Waals surface area contributed by atoms with E-state index in [1.54, 1.807) is 12.1 Å². The highest BCUT2D eigenvalue weighted by Gasteiger charge is 2.37. The van der Waals surface area contributed by atoms with Crippen LogP contribution in [0.2, 0.25) is 5.02 Å². The van der Waals surface area contributed by atoms with E-state index in [2.05, 4.69) is 0 Å². The van der Waals surface area contributed by atoms with Gasteiger partial charge in [0.15, 0.2) is 5.43 Å². The highest BCUT2D eigenvalue weighted by atomic mass is 35.5. The Bertz CT molecular complexity index is 1150. The standard InChI is InChI=1S/C15H7ClN2O8/c16-7-4-2-1-3-6(7)9-5-8(19)10-13(20)11(17(22)23)14(21)12(18(24)25)15(10)26-9/h1-5,20-21H. The summed E-state index contributed by atoms with van der Waals surface area (Å²) in [6.07, 6.45) is 0. The number of nitro benzene ring substituents is 2. The molecule has 0 saturated carbocycles. The molecule has 0 radical (unpaired) electrons. The fraction of sp³-hybridized carbons (Fsp3) is 0. The van der Waals surface area contributed by atoms with Crippen molar-refractivity contribution in [1.29, 1.82) is 0 Å². The maximum atomic E-state index is 12.4. The maximum absolute atomic E-state index is 12.4. The van der Waals surface area contributed by atoms with Crippen molar-refractivity contribution in [2.45, 2.75) is 0 Å². The first-order valence-electron chi connectivity index (χ1n) is 6.83. The summed E-state index contributed by atoms with van der Waals surface area (Å²) in [6.45, 7) is 0. The van der Waals surface area contributed by atoms with Crippen LogP contribution in [0.15, 0.2) is 39.5 Å². The molecule has 0 spiro atoms. The van der Waals surface area contributed by atoms with Crippen molar-refractivity contribution >= 4 is 33.9 Å². The van der Waals surface area contributed by atoms with E-state index in [0.29, 0.717) is 0 Å². The molecule has 3 rings (SSSR count). The van der Waals surface area contributed by atoms with Crippen molar-refractivity contribution in [1.82, 2.24) is 0 Å². The molecule has 0 fully saturated rings. The number of phenols is 2. The van der Waals surface area contributed by atoms with Crippen LogP contribution in [-0.4, -0.2) is 20.1 Å². The number of halogens is 1. The van der Waals surface area contributed by atoms with Crippen LogP contribution in [0.5, 0.6) is 11.5 Å². The molecule has 2 aromatic carbocycles. The average Bonchev–Trinajstić information content (AvgIpc) is 2.53. The summed E-state index contributed by atoms with van der Waals surface area (Å²) in [5, 5.41) is 41.6. The molecule has 0 unspecified atom stereocenters. The zero-order valence-corrected chi connectivity index (χ0v) is 13.3. The molecule has 0 aliphatic heterocycles. The summed E-state index contributed by atoms with van der Waals surface area (Å²) in [4.78, 5) is 32.3. The fourth-order valence-corrected chi connectivity index (χ4v) is 2.70. The third-order valence-electron chi connectivity index (χ3n) is 3.58. The minimum atomic E-state index is -1.43. The Morgan fingerprint density at radius 1 is 1.00 bits per heavy atom. The number of rotatable bonds is 3. The van der Waals surface area contributed by atoms with Crippen LogP contribution >= 0.6 is 11.6 Å². The number of fused-ring (bicyclic) bond motifs is 1. The number of benzene rings is 2. The molecule has 0 saturated heterocycles. The van der Waals surface area contributed by atoms with Gasteiger partial charge >= 0.3 is 11.4 Å². The van der Waals surface area contributed by atoms with Crippen molar-refractivity contribution in [2.75, 3.05) is 0 Å². The molecule has 0 bridgehead atoms. The Labute approximate surface area is 147 Å². The van der Waals surface area contributed by atoms with Crippen LogP contribution in [0.25, 0.3) is 22.3 Å². The molecule has 26 heavy (non-hydrogen) atoms. The van der Waals surface area contributed by atoms with Gasteiger partial charge in [0.2, 0.25) is 11.3 Å². The summed E-state index contributed by atoms with van der Waals surface area (Å²) < 4.78 is 5.33. The molecule has 10 nitrogen and oxygen atoms in total. The van der Waals surface area contributed by atoms with Crippen LogP contribution in [0.1, 0.15) is 0 Å². The van der Waals surface area contributed by atoms with Gasteiger partial charge < -0.3 is 14.6 Å². The monoisotopic (exact) mass is 378 g/mol. The van der Waals surface area contributed by atoms with Crippen molar-refractivity contribution in [3.63, 3.8) is 0 Å². The molecule has 2 N–H and O–H groups in total. The van der Waals surface area contributed by atoms with E-state index >= 15 is 0 Å². The first-order valence-corrected chi connectivity index (χ1v) is 7.21. The van der Waals surface area contributed by atoms with Gasteiger partial charge in [0.25, 0.3) is 5.75 Å². The van der Waals surface area contributed by atoms with Gasteiger partial charge in [-0.25, -0.2) is 0 Å². The summed E-state index contributed by atoms with van der Waals surface area (Å²) in [5.41, 5.74) is -4.14. The van der Waals surface area contributed by atoms with E-state index in [1.165, 1.54) is 12.1 Å². The number of nitro groups is 2. The zero-order valence-electron chi connectivity index (χ0n) is 12.5. The second kappa shape index (κ2) is 6.01. The average molecular weight is 379 g/mol. The Kier molecular flexibility index (Phi) is 3.97. The lowest BCUT2D eigenvalue weighted by Crippen LogP contribution is -2.05. The van der Waals surface area contributed by atoms with Crippen LogP contribution in [0.3, 0.4) is 0 Å². The van der Waals surface area contributed by atoms with Gasteiger partial charge in [-0.15, -0.1) is 0 Å². The molecule has 1 heterocycles. The normalized spacial score (nSPS) is 10.8. The van der Waals surface area contributed by atoms with E-state index in [-0.39, 0.29) is 16.3 Å². The first-order chi connectivity index (χ1) is 12.2. The maximum Gasteiger partial charge on any atom is 0.361 e. The van der Waals surface area contributed by atoms with E-state index in [9.17, 15) is 35.2 Å². The van der Waals surface area contributed by atoms with Gasteiger partial charge in [-0.3, -0.25) is 25.0 Å². The molecular formula is C15H7ClN2O8.